The molecule has 0 aromatic heterocycles. The van der Waals surface area contributed by atoms with E-state index >= 15 is 0 Å². The van der Waals surface area contributed by atoms with E-state index in [4.69, 9.17) is 4.74 Å². The van der Waals surface area contributed by atoms with Crippen molar-refractivity contribution in [2.45, 2.75) is 20.3 Å². The van der Waals surface area contributed by atoms with Gasteiger partial charge < -0.3 is 10.1 Å². The maximum atomic E-state index is 11.0. The quantitative estimate of drug-likeness (QED) is 0.510. The third-order valence-corrected chi connectivity index (χ3v) is 1.39. The predicted octanol–water partition coefficient (Wildman–Crippen LogP) is 0.878. The van der Waals surface area contributed by atoms with Crippen molar-refractivity contribution >= 4 is 11.9 Å². The molecule has 14 heavy (non-hydrogen) atoms. The fourth-order valence-electron chi connectivity index (χ4n) is 0.692. The van der Waals surface area contributed by atoms with E-state index in [0.29, 0.717) is 19.1 Å². The number of hydrogen-bond acceptors (Lipinski definition) is 3. The SMILES string of the molecule is C=CC(=O)NCCC(=O)OCC(C)C. The van der Waals surface area contributed by atoms with E-state index in [1.165, 1.54) is 6.08 Å². The topological polar surface area (TPSA) is 55.4 Å². The van der Waals surface area contributed by atoms with E-state index in [-0.39, 0.29) is 18.3 Å². The summed E-state index contributed by atoms with van der Waals surface area (Å²) in [6, 6.07) is 0. The van der Waals surface area contributed by atoms with Crippen LogP contribution in [0.25, 0.3) is 0 Å². The maximum absolute atomic E-state index is 11.0. The molecule has 0 aliphatic rings. The molecule has 0 heterocycles. The molecule has 0 bridgehead atoms. The van der Waals surface area contributed by atoms with Crippen molar-refractivity contribution in [3.8, 4) is 0 Å². The first-order valence-corrected chi connectivity index (χ1v) is 4.62. The van der Waals surface area contributed by atoms with Gasteiger partial charge in [-0.15, -0.1) is 0 Å². The number of amides is 1. The molecule has 1 amide bonds. The first-order valence-electron chi connectivity index (χ1n) is 4.62. The number of ether oxygens (including phenoxy) is 1. The lowest BCUT2D eigenvalue weighted by Crippen LogP contribution is -2.24. The van der Waals surface area contributed by atoms with E-state index in [1.807, 2.05) is 13.8 Å². The number of nitrogens with one attached hydrogen (secondary N) is 1. The number of rotatable bonds is 6. The Labute approximate surface area is 84.3 Å². The first-order chi connectivity index (χ1) is 6.56. The Hall–Kier alpha value is -1.32. The average Bonchev–Trinajstić information content (AvgIpc) is 2.14. The summed E-state index contributed by atoms with van der Waals surface area (Å²) in [6.45, 7) is 7.94. The van der Waals surface area contributed by atoms with Gasteiger partial charge >= 0.3 is 5.97 Å². The Morgan fingerprint density at radius 1 is 1.50 bits per heavy atom. The van der Waals surface area contributed by atoms with Gasteiger partial charge in [-0.05, 0) is 12.0 Å². The second kappa shape index (κ2) is 7.12. The second-order valence-electron chi connectivity index (χ2n) is 3.32. The van der Waals surface area contributed by atoms with Crippen molar-refractivity contribution < 1.29 is 14.3 Å². The minimum absolute atomic E-state index is 0.201. The van der Waals surface area contributed by atoms with Crippen molar-refractivity contribution in [3.05, 3.63) is 12.7 Å². The van der Waals surface area contributed by atoms with Crippen LogP contribution >= 0.6 is 0 Å². The summed E-state index contributed by atoms with van der Waals surface area (Å²) in [5.74, 6) is -0.230. The summed E-state index contributed by atoms with van der Waals surface area (Å²) in [6.07, 6.45) is 1.37. The third kappa shape index (κ3) is 7.34. The van der Waals surface area contributed by atoms with Crippen LogP contribution in [0.15, 0.2) is 12.7 Å². The largest absolute Gasteiger partial charge is 0.465 e. The van der Waals surface area contributed by atoms with E-state index in [2.05, 4.69) is 11.9 Å². The molecule has 0 saturated heterocycles. The first kappa shape index (κ1) is 12.7. The highest BCUT2D eigenvalue weighted by molar-refractivity contribution is 5.87. The Morgan fingerprint density at radius 3 is 2.64 bits per heavy atom. The van der Waals surface area contributed by atoms with Gasteiger partial charge in [0, 0.05) is 6.54 Å². The van der Waals surface area contributed by atoms with Gasteiger partial charge in [0.1, 0.15) is 0 Å². The fraction of sp³-hybridized carbons (Fsp3) is 0.600. The molecule has 1 N–H and O–H groups in total. The molecule has 4 nitrogen and oxygen atoms in total. The molecule has 4 heteroatoms. The van der Waals surface area contributed by atoms with Crippen LogP contribution in [0.1, 0.15) is 20.3 Å². The Kier molecular flexibility index (Phi) is 6.45. The molecule has 0 aliphatic carbocycles. The zero-order chi connectivity index (χ0) is 11.0. The molecule has 0 aliphatic heterocycles. The van der Waals surface area contributed by atoms with E-state index in [9.17, 15) is 9.59 Å². The lowest BCUT2D eigenvalue weighted by Gasteiger charge is -2.06. The van der Waals surface area contributed by atoms with Gasteiger partial charge in [0.15, 0.2) is 0 Å². The van der Waals surface area contributed by atoms with Gasteiger partial charge in [-0.2, -0.15) is 0 Å². The summed E-state index contributed by atoms with van der Waals surface area (Å²) < 4.78 is 4.90. The number of esters is 1. The lowest BCUT2D eigenvalue weighted by molar-refractivity contribution is -0.144. The monoisotopic (exact) mass is 199 g/mol. The molecule has 0 unspecified atom stereocenters. The predicted molar refractivity (Wildman–Crippen MR) is 53.6 cm³/mol. The van der Waals surface area contributed by atoms with Crippen LogP contribution in [0.5, 0.6) is 0 Å². The Bertz CT molecular complexity index is 211. The van der Waals surface area contributed by atoms with Gasteiger partial charge in [0.05, 0.1) is 13.0 Å². The molecule has 0 atom stereocenters. The maximum Gasteiger partial charge on any atom is 0.307 e. The zero-order valence-corrected chi connectivity index (χ0v) is 8.71. The molecule has 0 aromatic carbocycles. The van der Waals surface area contributed by atoms with E-state index in [0.717, 1.165) is 0 Å². The molecule has 0 saturated carbocycles. The summed E-state index contributed by atoms with van der Waals surface area (Å²) in [7, 11) is 0. The lowest BCUT2D eigenvalue weighted by atomic mass is 10.2. The second-order valence-corrected chi connectivity index (χ2v) is 3.32. The van der Waals surface area contributed by atoms with Gasteiger partial charge in [-0.3, -0.25) is 9.59 Å². The van der Waals surface area contributed by atoms with Crippen LogP contribution in [0.2, 0.25) is 0 Å². The summed E-state index contributed by atoms with van der Waals surface area (Å²) >= 11 is 0. The summed E-state index contributed by atoms with van der Waals surface area (Å²) in [5.41, 5.74) is 0. The van der Waals surface area contributed by atoms with Crippen molar-refractivity contribution in [2.24, 2.45) is 5.92 Å². The van der Waals surface area contributed by atoms with Crippen LogP contribution in [-0.4, -0.2) is 25.0 Å². The highest BCUT2D eigenvalue weighted by atomic mass is 16.5. The van der Waals surface area contributed by atoms with Gasteiger partial charge in [0.2, 0.25) is 5.91 Å². The molecule has 0 spiro atoms. The molecule has 0 radical (unpaired) electrons. The van der Waals surface area contributed by atoms with E-state index < -0.39 is 0 Å². The smallest absolute Gasteiger partial charge is 0.307 e. The number of carbonyl (C=O) groups excluding carboxylic acids is 2. The van der Waals surface area contributed by atoms with Gasteiger partial charge in [-0.1, -0.05) is 20.4 Å². The van der Waals surface area contributed by atoms with Crippen LogP contribution < -0.4 is 5.32 Å². The number of hydrogen-bond donors (Lipinski definition) is 1. The van der Waals surface area contributed by atoms with Crippen molar-refractivity contribution in [3.63, 3.8) is 0 Å². The molecule has 80 valence electrons. The van der Waals surface area contributed by atoms with Gasteiger partial charge in [-0.25, -0.2) is 0 Å². The normalized spacial score (nSPS) is 9.64. The molecular formula is C10H17NO3. The van der Waals surface area contributed by atoms with Crippen LogP contribution in [0, 0.1) is 5.92 Å². The molecular weight excluding hydrogens is 182 g/mol. The highest BCUT2D eigenvalue weighted by Crippen LogP contribution is 1.94. The van der Waals surface area contributed by atoms with Crippen molar-refractivity contribution in [1.29, 1.82) is 0 Å². The number of carbonyl (C=O) groups is 2. The van der Waals surface area contributed by atoms with Crippen molar-refractivity contribution in [2.75, 3.05) is 13.2 Å². The fourth-order valence-corrected chi connectivity index (χ4v) is 0.692. The third-order valence-electron chi connectivity index (χ3n) is 1.39. The molecule has 0 fully saturated rings. The Balaban J connectivity index is 3.44. The minimum atomic E-state index is -0.289. The Morgan fingerprint density at radius 2 is 2.14 bits per heavy atom. The van der Waals surface area contributed by atoms with Crippen LogP contribution in [-0.2, 0) is 14.3 Å². The standard InChI is InChI=1S/C10H17NO3/c1-4-9(12)11-6-5-10(13)14-7-8(2)3/h4,8H,1,5-7H2,2-3H3,(H,11,12). The molecule has 0 rings (SSSR count). The van der Waals surface area contributed by atoms with E-state index in [1.54, 1.807) is 0 Å². The molecule has 0 aromatic rings. The zero-order valence-electron chi connectivity index (χ0n) is 8.71. The minimum Gasteiger partial charge on any atom is -0.465 e. The summed E-state index contributed by atoms with van der Waals surface area (Å²) in [5, 5.41) is 2.49. The van der Waals surface area contributed by atoms with Crippen LogP contribution in [0.4, 0.5) is 0 Å². The van der Waals surface area contributed by atoms with Gasteiger partial charge in [0.25, 0.3) is 0 Å². The highest BCUT2D eigenvalue weighted by Gasteiger charge is 2.04. The summed E-state index contributed by atoms with van der Waals surface area (Å²) in [4.78, 5) is 21.7. The van der Waals surface area contributed by atoms with Crippen LogP contribution in [0.3, 0.4) is 0 Å². The average molecular weight is 199 g/mol. The van der Waals surface area contributed by atoms with Crippen molar-refractivity contribution in [1.82, 2.24) is 5.32 Å².